The first-order valence-corrected chi connectivity index (χ1v) is 6.48. The average molecular weight is 240 g/mol. The molecule has 3 nitrogen and oxygen atoms in total. The van der Waals surface area contributed by atoms with Crippen molar-refractivity contribution in [1.29, 1.82) is 0 Å². The number of hydrogen-bond donors (Lipinski definition) is 0. The van der Waals surface area contributed by atoms with Crippen LogP contribution in [-0.4, -0.2) is 23.1 Å². The van der Waals surface area contributed by atoms with Crippen molar-refractivity contribution in [3.8, 4) is 0 Å². The Kier molecular flexibility index (Phi) is 3.99. The average Bonchev–Trinajstić information content (AvgIpc) is 2.39. The molecule has 1 aromatic rings. The van der Waals surface area contributed by atoms with Gasteiger partial charge in [0.15, 0.2) is 0 Å². The molecule has 1 aromatic heterocycles. The summed E-state index contributed by atoms with van der Waals surface area (Å²) in [4.78, 5) is 11.0. The van der Waals surface area contributed by atoms with E-state index in [4.69, 9.17) is 11.6 Å². The molecule has 0 spiro atoms. The number of alkyl halides is 1. The van der Waals surface area contributed by atoms with Crippen LogP contribution in [0, 0.1) is 5.92 Å². The van der Waals surface area contributed by atoms with Crippen LogP contribution in [0.25, 0.3) is 0 Å². The van der Waals surface area contributed by atoms with Gasteiger partial charge in [0.05, 0.1) is 24.0 Å². The maximum absolute atomic E-state index is 5.69. The molecule has 88 valence electrons. The standard InChI is InChI=1S/C12H18ClN3/c1-2-10-3-5-16(6-4-10)12-9-14-11(7-13)8-15-12/h8-10H,2-7H2,1H3. The molecule has 0 unspecified atom stereocenters. The summed E-state index contributed by atoms with van der Waals surface area (Å²) < 4.78 is 0. The SMILES string of the molecule is CCC1CCN(c2cnc(CCl)cn2)CC1. The summed E-state index contributed by atoms with van der Waals surface area (Å²) in [5, 5.41) is 0. The highest BCUT2D eigenvalue weighted by Crippen LogP contribution is 2.23. The zero-order valence-electron chi connectivity index (χ0n) is 9.69. The zero-order valence-corrected chi connectivity index (χ0v) is 10.5. The van der Waals surface area contributed by atoms with Crippen molar-refractivity contribution in [2.75, 3.05) is 18.0 Å². The van der Waals surface area contributed by atoms with Gasteiger partial charge in [-0.05, 0) is 18.8 Å². The van der Waals surface area contributed by atoms with E-state index in [2.05, 4.69) is 21.8 Å². The molecule has 0 aromatic carbocycles. The summed E-state index contributed by atoms with van der Waals surface area (Å²) in [6.45, 7) is 4.48. The van der Waals surface area contributed by atoms with Crippen molar-refractivity contribution < 1.29 is 0 Å². The number of halogens is 1. The van der Waals surface area contributed by atoms with Crippen molar-refractivity contribution in [2.45, 2.75) is 32.1 Å². The van der Waals surface area contributed by atoms with Crippen molar-refractivity contribution in [2.24, 2.45) is 5.92 Å². The van der Waals surface area contributed by atoms with Crippen LogP contribution in [-0.2, 0) is 5.88 Å². The largest absolute Gasteiger partial charge is 0.355 e. The van der Waals surface area contributed by atoms with Gasteiger partial charge in [-0.25, -0.2) is 4.98 Å². The minimum Gasteiger partial charge on any atom is -0.355 e. The Morgan fingerprint density at radius 2 is 2.06 bits per heavy atom. The van der Waals surface area contributed by atoms with Gasteiger partial charge in [-0.2, -0.15) is 0 Å². The fraction of sp³-hybridized carbons (Fsp3) is 0.667. The number of rotatable bonds is 3. The van der Waals surface area contributed by atoms with Crippen molar-refractivity contribution >= 4 is 17.4 Å². The van der Waals surface area contributed by atoms with Crippen molar-refractivity contribution in [1.82, 2.24) is 9.97 Å². The molecule has 0 N–H and O–H groups in total. The molecule has 2 heterocycles. The molecule has 0 bridgehead atoms. The highest BCUT2D eigenvalue weighted by Gasteiger charge is 2.18. The Morgan fingerprint density at radius 1 is 1.31 bits per heavy atom. The number of hydrogen-bond acceptors (Lipinski definition) is 3. The van der Waals surface area contributed by atoms with E-state index >= 15 is 0 Å². The lowest BCUT2D eigenvalue weighted by molar-refractivity contribution is 0.393. The Bertz CT molecular complexity index is 318. The van der Waals surface area contributed by atoms with Gasteiger partial charge in [0.1, 0.15) is 5.82 Å². The lowest BCUT2D eigenvalue weighted by Crippen LogP contribution is -2.34. The van der Waals surface area contributed by atoms with E-state index in [9.17, 15) is 0 Å². The summed E-state index contributed by atoms with van der Waals surface area (Å²) in [5.41, 5.74) is 0.842. The molecule has 1 saturated heterocycles. The van der Waals surface area contributed by atoms with E-state index in [1.165, 1.54) is 19.3 Å². The summed E-state index contributed by atoms with van der Waals surface area (Å²) in [6.07, 6.45) is 7.45. The topological polar surface area (TPSA) is 29.0 Å². The molecule has 0 radical (unpaired) electrons. The maximum atomic E-state index is 5.69. The molecule has 0 aliphatic carbocycles. The third-order valence-corrected chi connectivity index (χ3v) is 3.62. The lowest BCUT2D eigenvalue weighted by Gasteiger charge is -2.32. The van der Waals surface area contributed by atoms with E-state index in [1.807, 2.05) is 6.20 Å². The second kappa shape index (κ2) is 5.48. The quantitative estimate of drug-likeness (QED) is 0.760. The van der Waals surface area contributed by atoms with Crippen LogP contribution in [0.15, 0.2) is 12.4 Å². The van der Waals surface area contributed by atoms with Crippen molar-refractivity contribution in [3.63, 3.8) is 0 Å². The zero-order chi connectivity index (χ0) is 11.4. The highest BCUT2D eigenvalue weighted by atomic mass is 35.5. The van der Waals surface area contributed by atoms with Gasteiger partial charge in [0.25, 0.3) is 0 Å². The molecule has 0 saturated carbocycles. The van der Waals surface area contributed by atoms with E-state index in [0.717, 1.165) is 30.5 Å². The van der Waals surface area contributed by atoms with E-state index < -0.39 is 0 Å². The predicted molar refractivity (Wildman–Crippen MR) is 66.8 cm³/mol. The highest BCUT2D eigenvalue weighted by molar-refractivity contribution is 6.16. The van der Waals surface area contributed by atoms with Crippen LogP contribution in [0.5, 0.6) is 0 Å². The Labute approximate surface area is 102 Å². The first-order chi connectivity index (χ1) is 7.83. The Morgan fingerprint density at radius 3 is 2.56 bits per heavy atom. The number of piperidine rings is 1. The lowest BCUT2D eigenvalue weighted by atomic mass is 9.94. The monoisotopic (exact) mass is 239 g/mol. The van der Waals surface area contributed by atoms with Crippen LogP contribution in [0.2, 0.25) is 0 Å². The molecule has 1 fully saturated rings. The van der Waals surface area contributed by atoms with Gasteiger partial charge in [0.2, 0.25) is 0 Å². The van der Waals surface area contributed by atoms with Gasteiger partial charge in [-0.15, -0.1) is 11.6 Å². The molecule has 1 aliphatic heterocycles. The molecule has 0 amide bonds. The molecule has 2 rings (SSSR count). The van der Waals surface area contributed by atoms with Gasteiger partial charge in [-0.1, -0.05) is 13.3 Å². The molecule has 0 atom stereocenters. The fourth-order valence-electron chi connectivity index (χ4n) is 2.15. The van der Waals surface area contributed by atoms with Crippen LogP contribution in [0.1, 0.15) is 31.9 Å². The van der Waals surface area contributed by atoms with Gasteiger partial charge in [-0.3, -0.25) is 4.98 Å². The van der Waals surface area contributed by atoms with E-state index in [1.54, 1.807) is 6.20 Å². The van der Waals surface area contributed by atoms with Crippen LogP contribution in [0.3, 0.4) is 0 Å². The Balaban J connectivity index is 1.97. The first-order valence-electron chi connectivity index (χ1n) is 5.95. The number of anilines is 1. The molecular formula is C12H18ClN3. The third-order valence-electron chi connectivity index (χ3n) is 3.34. The van der Waals surface area contributed by atoms with Gasteiger partial charge in [0, 0.05) is 13.1 Å². The van der Waals surface area contributed by atoms with Gasteiger partial charge >= 0.3 is 0 Å². The number of aromatic nitrogens is 2. The number of nitrogens with zero attached hydrogens (tertiary/aromatic N) is 3. The molecule has 16 heavy (non-hydrogen) atoms. The molecule has 1 aliphatic rings. The summed E-state index contributed by atoms with van der Waals surface area (Å²) in [6, 6.07) is 0. The normalized spacial score (nSPS) is 17.8. The summed E-state index contributed by atoms with van der Waals surface area (Å²) >= 11 is 5.69. The Hall–Kier alpha value is -0.830. The minimum absolute atomic E-state index is 0.436. The van der Waals surface area contributed by atoms with Crippen LogP contribution >= 0.6 is 11.6 Å². The van der Waals surface area contributed by atoms with Gasteiger partial charge < -0.3 is 4.90 Å². The molecule has 4 heteroatoms. The van der Waals surface area contributed by atoms with Crippen molar-refractivity contribution in [3.05, 3.63) is 18.1 Å². The van der Waals surface area contributed by atoms with E-state index in [0.29, 0.717) is 5.88 Å². The second-order valence-corrected chi connectivity index (χ2v) is 4.61. The maximum Gasteiger partial charge on any atom is 0.147 e. The summed E-state index contributed by atoms with van der Waals surface area (Å²) in [5.74, 6) is 2.32. The first kappa shape index (κ1) is 11.6. The fourth-order valence-corrected chi connectivity index (χ4v) is 2.29. The minimum atomic E-state index is 0.436. The van der Waals surface area contributed by atoms with Crippen LogP contribution < -0.4 is 4.90 Å². The third kappa shape index (κ3) is 2.64. The smallest absolute Gasteiger partial charge is 0.147 e. The van der Waals surface area contributed by atoms with E-state index in [-0.39, 0.29) is 0 Å². The predicted octanol–water partition coefficient (Wildman–Crippen LogP) is 2.84. The summed E-state index contributed by atoms with van der Waals surface area (Å²) in [7, 11) is 0. The second-order valence-electron chi connectivity index (χ2n) is 4.34. The van der Waals surface area contributed by atoms with Crippen LogP contribution in [0.4, 0.5) is 5.82 Å². The molecular weight excluding hydrogens is 222 g/mol.